The van der Waals surface area contributed by atoms with E-state index in [0.29, 0.717) is 17.7 Å². The highest BCUT2D eigenvalue weighted by molar-refractivity contribution is 9.10. The summed E-state index contributed by atoms with van der Waals surface area (Å²) < 4.78 is 45.4. The van der Waals surface area contributed by atoms with E-state index in [4.69, 9.17) is 4.74 Å². The molecule has 3 aromatic rings. The number of nitro benzene ring substituents is 1. The van der Waals surface area contributed by atoms with Gasteiger partial charge in [-0.2, -0.15) is 13.2 Å². The number of carbonyl (C=O) groups is 2. The van der Waals surface area contributed by atoms with Crippen LogP contribution in [0.25, 0.3) is 6.08 Å². The molecule has 1 aliphatic heterocycles. The molecule has 2 amide bonds. The zero-order valence-corrected chi connectivity index (χ0v) is 20.4. The number of nitrogens with zero attached hydrogens (tertiary/aromatic N) is 2. The van der Waals surface area contributed by atoms with Gasteiger partial charge in [0, 0.05) is 16.1 Å². The summed E-state index contributed by atoms with van der Waals surface area (Å²) in [6.07, 6.45) is -3.36. The highest BCUT2D eigenvalue weighted by atomic mass is 79.9. The Bertz CT molecular complexity index is 1410. The van der Waals surface area contributed by atoms with Crippen LogP contribution in [0.1, 0.15) is 16.7 Å². The second-order valence-corrected chi connectivity index (χ2v) is 9.38. The molecule has 3 aromatic carbocycles. The lowest BCUT2D eigenvalue weighted by Crippen LogP contribution is -2.27. The summed E-state index contributed by atoms with van der Waals surface area (Å²) in [6.45, 7) is 0.0668. The molecule has 36 heavy (non-hydrogen) atoms. The van der Waals surface area contributed by atoms with Gasteiger partial charge in [0.25, 0.3) is 11.1 Å². The fraction of sp³-hybridized carbons (Fsp3) is 0.0833. The number of carbonyl (C=O) groups excluding carboxylic acids is 2. The maximum Gasteiger partial charge on any atom is 0.416 e. The Labute approximate surface area is 214 Å². The molecule has 0 atom stereocenters. The number of rotatable bonds is 6. The molecule has 0 unspecified atom stereocenters. The first-order chi connectivity index (χ1) is 17.0. The first-order valence-electron chi connectivity index (χ1n) is 10.2. The van der Waals surface area contributed by atoms with Crippen molar-refractivity contribution < 1.29 is 32.4 Å². The van der Waals surface area contributed by atoms with Gasteiger partial charge in [0.05, 0.1) is 21.9 Å². The Balaban J connectivity index is 1.62. The van der Waals surface area contributed by atoms with E-state index in [-0.39, 0.29) is 17.2 Å². The number of nitro groups is 1. The molecule has 1 heterocycles. The number of amides is 2. The third-order valence-corrected chi connectivity index (χ3v) is 6.41. The third-order valence-electron chi connectivity index (χ3n) is 5.01. The van der Waals surface area contributed by atoms with Gasteiger partial charge in [-0.15, -0.1) is 0 Å². The molecule has 7 nitrogen and oxygen atoms in total. The molecule has 1 aliphatic rings. The number of imide groups is 1. The molecule has 0 saturated carbocycles. The van der Waals surface area contributed by atoms with Crippen molar-refractivity contribution in [3.8, 4) is 11.5 Å². The second kappa shape index (κ2) is 10.2. The van der Waals surface area contributed by atoms with Gasteiger partial charge < -0.3 is 4.74 Å². The molecule has 0 N–H and O–H groups in total. The number of para-hydroxylation sites is 1. The molecule has 1 saturated heterocycles. The third kappa shape index (κ3) is 5.60. The van der Waals surface area contributed by atoms with E-state index in [1.165, 1.54) is 12.1 Å². The van der Waals surface area contributed by atoms with Gasteiger partial charge in [-0.25, -0.2) is 0 Å². The van der Waals surface area contributed by atoms with Crippen LogP contribution in [0.2, 0.25) is 0 Å². The summed E-state index contributed by atoms with van der Waals surface area (Å²) in [5, 5.41) is 10.9. The number of alkyl halides is 3. The van der Waals surface area contributed by atoms with E-state index >= 15 is 0 Å². The fourth-order valence-corrected chi connectivity index (χ4v) is 4.61. The van der Waals surface area contributed by atoms with Crippen molar-refractivity contribution in [3.63, 3.8) is 0 Å². The molecule has 0 spiro atoms. The predicted molar refractivity (Wildman–Crippen MR) is 130 cm³/mol. The molecule has 12 heteroatoms. The standard InChI is InChI=1S/C24H14BrF3N2O5S/c25-17-6-3-4-14(10-17)13-29-22(31)21(36-23(29)32)11-15-5-1-2-7-19(15)35-20-9-8-16(24(26,27)28)12-18(20)30(33)34/h1-12H,13H2/b21-11+. The van der Waals surface area contributed by atoms with Crippen molar-refractivity contribution >= 4 is 50.6 Å². The molecule has 0 bridgehead atoms. The van der Waals surface area contributed by atoms with Gasteiger partial charge in [-0.3, -0.25) is 24.6 Å². The highest BCUT2D eigenvalue weighted by Crippen LogP contribution is 2.40. The number of hydrogen-bond donors (Lipinski definition) is 0. The fourth-order valence-electron chi connectivity index (χ4n) is 3.33. The van der Waals surface area contributed by atoms with Crippen LogP contribution in [0.15, 0.2) is 76.1 Å². The van der Waals surface area contributed by atoms with E-state index in [0.717, 1.165) is 32.8 Å². The first kappa shape index (κ1) is 25.5. The summed E-state index contributed by atoms with van der Waals surface area (Å²) in [6, 6.07) is 15.3. The van der Waals surface area contributed by atoms with Crippen molar-refractivity contribution in [2.75, 3.05) is 0 Å². The average Bonchev–Trinajstić information content (AvgIpc) is 3.07. The largest absolute Gasteiger partial charge is 0.449 e. The van der Waals surface area contributed by atoms with Crippen molar-refractivity contribution in [3.05, 3.63) is 103 Å². The zero-order valence-electron chi connectivity index (χ0n) is 18.0. The normalized spacial score (nSPS) is 15.0. The van der Waals surface area contributed by atoms with E-state index in [1.54, 1.807) is 36.4 Å². The van der Waals surface area contributed by atoms with Crippen molar-refractivity contribution in [2.45, 2.75) is 12.7 Å². The Morgan fingerprint density at radius 2 is 1.78 bits per heavy atom. The molecule has 4 rings (SSSR count). The molecule has 0 radical (unpaired) electrons. The van der Waals surface area contributed by atoms with Crippen molar-refractivity contribution in [2.24, 2.45) is 0 Å². The number of thioether (sulfide) groups is 1. The van der Waals surface area contributed by atoms with Crippen LogP contribution in [0.4, 0.5) is 23.7 Å². The molecule has 0 aromatic heterocycles. The molecular weight excluding hydrogens is 565 g/mol. The number of ether oxygens (including phenoxy) is 1. The number of benzene rings is 3. The molecule has 0 aliphatic carbocycles. The van der Waals surface area contributed by atoms with Crippen molar-refractivity contribution in [1.29, 1.82) is 0 Å². The smallest absolute Gasteiger partial charge is 0.416 e. The summed E-state index contributed by atoms with van der Waals surface area (Å²) in [4.78, 5) is 37.0. The van der Waals surface area contributed by atoms with Gasteiger partial charge in [0.15, 0.2) is 0 Å². The maximum atomic E-state index is 13.0. The molecule has 1 fully saturated rings. The minimum atomic E-state index is -4.76. The average molecular weight is 579 g/mol. The van der Waals surface area contributed by atoms with Gasteiger partial charge in [-0.1, -0.05) is 46.3 Å². The van der Waals surface area contributed by atoms with Crippen LogP contribution in [-0.2, 0) is 17.5 Å². The maximum absolute atomic E-state index is 13.0. The summed E-state index contributed by atoms with van der Waals surface area (Å²) in [7, 11) is 0. The summed E-state index contributed by atoms with van der Waals surface area (Å²) in [5.74, 6) is -0.879. The van der Waals surface area contributed by atoms with Crippen LogP contribution >= 0.6 is 27.7 Å². The van der Waals surface area contributed by atoms with E-state index in [1.807, 2.05) is 6.07 Å². The molecule has 184 valence electrons. The summed E-state index contributed by atoms with van der Waals surface area (Å²) >= 11 is 4.07. The van der Waals surface area contributed by atoms with Crippen LogP contribution in [-0.4, -0.2) is 21.0 Å². The Morgan fingerprint density at radius 3 is 2.47 bits per heavy atom. The van der Waals surface area contributed by atoms with Gasteiger partial charge in [0.1, 0.15) is 5.75 Å². The van der Waals surface area contributed by atoms with E-state index in [2.05, 4.69) is 15.9 Å². The van der Waals surface area contributed by atoms with Gasteiger partial charge in [0.2, 0.25) is 5.75 Å². The van der Waals surface area contributed by atoms with Crippen molar-refractivity contribution in [1.82, 2.24) is 4.90 Å². The van der Waals surface area contributed by atoms with Gasteiger partial charge >= 0.3 is 11.9 Å². The quantitative estimate of drug-likeness (QED) is 0.172. The Kier molecular flexibility index (Phi) is 7.18. The van der Waals surface area contributed by atoms with Crippen LogP contribution in [0.3, 0.4) is 0 Å². The van der Waals surface area contributed by atoms with E-state index < -0.39 is 39.2 Å². The van der Waals surface area contributed by atoms with Crippen LogP contribution in [0, 0.1) is 10.1 Å². The van der Waals surface area contributed by atoms with Crippen LogP contribution < -0.4 is 4.74 Å². The lowest BCUT2D eigenvalue weighted by molar-refractivity contribution is -0.385. The lowest BCUT2D eigenvalue weighted by atomic mass is 10.1. The Morgan fingerprint density at radius 1 is 1.03 bits per heavy atom. The second-order valence-electron chi connectivity index (χ2n) is 7.48. The SMILES string of the molecule is O=C1S/C(=C/c2ccccc2Oc2ccc(C(F)(F)F)cc2[N+](=O)[O-])C(=O)N1Cc1cccc(Br)c1. The predicted octanol–water partition coefficient (Wildman–Crippen LogP) is 7.40. The summed E-state index contributed by atoms with van der Waals surface area (Å²) in [5.41, 5.74) is -1.01. The van der Waals surface area contributed by atoms with E-state index in [9.17, 15) is 32.9 Å². The minimum absolute atomic E-state index is 0.0548. The molecular formula is C24H14BrF3N2O5S. The monoisotopic (exact) mass is 578 g/mol. The van der Waals surface area contributed by atoms with Crippen LogP contribution in [0.5, 0.6) is 11.5 Å². The topological polar surface area (TPSA) is 89.7 Å². The lowest BCUT2D eigenvalue weighted by Gasteiger charge is -2.13. The van der Waals surface area contributed by atoms with Gasteiger partial charge in [-0.05, 0) is 53.7 Å². The Hall–Kier alpha value is -3.64. The number of hydrogen-bond acceptors (Lipinski definition) is 6. The highest BCUT2D eigenvalue weighted by Gasteiger charge is 2.36. The minimum Gasteiger partial charge on any atom is -0.449 e. The first-order valence-corrected chi connectivity index (χ1v) is 11.8. The zero-order chi connectivity index (χ0) is 26.0. The number of halogens is 4.